The van der Waals surface area contributed by atoms with Crippen molar-refractivity contribution >= 4 is 0 Å². The smallest absolute Gasteiger partial charge is 0.188 e. The molecule has 4 aliphatic rings. The third kappa shape index (κ3) is 3.20. The maximum absolute atomic E-state index is 6.36. The summed E-state index contributed by atoms with van der Waals surface area (Å²) >= 11 is 0. The standard InChI is InChI=1S/C27H34O2/c1-19-10-22(21-8-6-5-7-9-21)24(29-18-28-4)23(11-19)27-14-20-12-25(2,16-27)15-26(3,13-20)17-27/h5-11,20H,12-18H2,1-4H3/t20?,25-,26+,27?. The maximum Gasteiger partial charge on any atom is 0.188 e. The predicted octanol–water partition coefficient (Wildman–Crippen LogP) is 6.89. The summed E-state index contributed by atoms with van der Waals surface area (Å²) in [5.74, 6) is 1.91. The van der Waals surface area contributed by atoms with Crippen molar-refractivity contribution in [2.45, 2.75) is 64.7 Å². The molecule has 4 fully saturated rings. The minimum atomic E-state index is 0.238. The van der Waals surface area contributed by atoms with E-state index in [0.29, 0.717) is 17.6 Å². The molecule has 0 radical (unpaired) electrons. The summed E-state index contributed by atoms with van der Waals surface area (Å²) in [6.07, 6.45) is 8.13. The zero-order valence-corrected chi connectivity index (χ0v) is 18.4. The second-order valence-corrected chi connectivity index (χ2v) is 11.0. The van der Waals surface area contributed by atoms with Crippen LogP contribution in [0.1, 0.15) is 63.5 Å². The maximum atomic E-state index is 6.36. The van der Waals surface area contributed by atoms with Crippen molar-refractivity contribution in [3.8, 4) is 16.9 Å². The zero-order chi connectivity index (χ0) is 20.3. The molecule has 6 rings (SSSR count). The lowest BCUT2D eigenvalue weighted by molar-refractivity contribution is -0.110. The van der Waals surface area contributed by atoms with E-state index in [-0.39, 0.29) is 5.41 Å². The van der Waals surface area contributed by atoms with Crippen molar-refractivity contribution in [1.82, 2.24) is 0 Å². The van der Waals surface area contributed by atoms with Crippen LogP contribution >= 0.6 is 0 Å². The van der Waals surface area contributed by atoms with Crippen LogP contribution in [0, 0.1) is 23.7 Å². The number of methoxy groups -OCH3 is 1. The third-order valence-corrected chi connectivity index (χ3v) is 7.84. The molecule has 0 spiro atoms. The van der Waals surface area contributed by atoms with Crippen LogP contribution in [-0.2, 0) is 10.2 Å². The van der Waals surface area contributed by atoms with Crippen LogP contribution in [0.25, 0.3) is 11.1 Å². The van der Waals surface area contributed by atoms with Crippen molar-refractivity contribution in [2.24, 2.45) is 16.7 Å². The van der Waals surface area contributed by atoms with E-state index in [4.69, 9.17) is 9.47 Å². The Labute approximate surface area is 175 Å². The molecule has 2 unspecified atom stereocenters. The molecular weight excluding hydrogens is 356 g/mol. The van der Waals surface area contributed by atoms with E-state index in [2.05, 4.69) is 63.2 Å². The fraction of sp³-hybridized carbons (Fsp3) is 0.556. The molecule has 0 N–H and O–H groups in total. The molecule has 2 aromatic carbocycles. The summed E-state index contributed by atoms with van der Waals surface area (Å²) in [6, 6.07) is 15.4. The lowest BCUT2D eigenvalue weighted by Gasteiger charge is -2.65. The van der Waals surface area contributed by atoms with Gasteiger partial charge in [0.2, 0.25) is 0 Å². The van der Waals surface area contributed by atoms with Crippen LogP contribution in [-0.4, -0.2) is 13.9 Å². The Kier molecular flexibility index (Phi) is 4.37. The normalized spacial score (nSPS) is 35.1. The second-order valence-electron chi connectivity index (χ2n) is 11.0. The molecule has 0 aliphatic heterocycles. The largest absolute Gasteiger partial charge is 0.467 e. The molecule has 4 saturated carbocycles. The fourth-order valence-electron chi connectivity index (χ4n) is 8.02. The van der Waals surface area contributed by atoms with Gasteiger partial charge in [-0.2, -0.15) is 0 Å². The van der Waals surface area contributed by atoms with Gasteiger partial charge >= 0.3 is 0 Å². The van der Waals surface area contributed by atoms with Gasteiger partial charge in [-0.05, 0) is 79.4 Å². The summed E-state index contributed by atoms with van der Waals surface area (Å²) in [7, 11) is 1.71. The summed E-state index contributed by atoms with van der Waals surface area (Å²) in [5.41, 5.74) is 6.40. The van der Waals surface area contributed by atoms with Gasteiger partial charge in [0.05, 0.1) is 0 Å². The first-order valence-electron chi connectivity index (χ1n) is 11.2. The highest BCUT2D eigenvalue weighted by molar-refractivity contribution is 5.74. The number of ether oxygens (including phenoxy) is 2. The molecule has 0 heterocycles. The number of rotatable bonds is 5. The first-order valence-corrected chi connectivity index (χ1v) is 11.2. The Hall–Kier alpha value is -1.80. The molecule has 0 saturated heterocycles. The highest BCUT2D eigenvalue weighted by atomic mass is 16.7. The summed E-state index contributed by atoms with van der Waals surface area (Å²) in [5, 5.41) is 0. The summed E-state index contributed by atoms with van der Waals surface area (Å²) in [6.45, 7) is 7.63. The predicted molar refractivity (Wildman–Crippen MR) is 118 cm³/mol. The van der Waals surface area contributed by atoms with Gasteiger partial charge in [0.15, 0.2) is 6.79 Å². The Morgan fingerprint density at radius 3 is 2.24 bits per heavy atom. The molecule has 29 heavy (non-hydrogen) atoms. The highest BCUT2D eigenvalue weighted by Gasteiger charge is 2.61. The highest BCUT2D eigenvalue weighted by Crippen LogP contribution is 2.70. The summed E-state index contributed by atoms with van der Waals surface area (Å²) in [4.78, 5) is 0. The Balaban J connectivity index is 1.70. The average molecular weight is 391 g/mol. The average Bonchev–Trinajstić information content (AvgIpc) is 2.64. The van der Waals surface area contributed by atoms with Crippen LogP contribution in [0.5, 0.6) is 5.75 Å². The zero-order valence-electron chi connectivity index (χ0n) is 18.4. The van der Waals surface area contributed by atoms with Crippen molar-refractivity contribution in [2.75, 3.05) is 13.9 Å². The molecule has 0 amide bonds. The van der Waals surface area contributed by atoms with Gasteiger partial charge in [0.1, 0.15) is 5.75 Å². The first kappa shape index (κ1) is 19.2. The van der Waals surface area contributed by atoms with Gasteiger partial charge in [-0.15, -0.1) is 0 Å². The van der Waals surface area contributed by atoms with Gasteiger partial charge in [0, 0.05) is 23.7 Å². The van der Waals surface area contributed by atoms with E-state index in [9.17, 15) is 0 Å². The molecule has 4 bridgehead atoms. The molecule has 2 heteroatoms. The van der Waals surface area contributed by atoms with Crippen molar-refractivity contribution in [3.63, 3.8) is 0 Å². The number of hydrogen-bond acceptors (Lipinski definition) is 2. The molecule has 2 aromatic rings. The first-order chi connectivity index (χ1) is 13.8. The van der Waals surface area contributed by atoms with E-state index < -0.39 is 0 Å². The van der Waals surface area contributed by atoms with Crippen LogP contribution in [0.15, 0.2) is 42.5 Å². The Morgan fingerprint density at radius 1 is 0.931 bits per heavy atom. The minimum absolute atomic E-state index is 0.238. The molecule has 2 nitrogen and oxygen atoms in total. The van der Waals surface area contributed by atoms with Crippen LogP contribution in [0.2, 0.25) is 0 Å². The number of aryl methyl sites for hydroxylation is 1. The topological polar surface area (TPSA) is 18.5 Å². The van der Waals surface area contributed by atoms with E-state index in [1.54, 1.807) is 7.11 Å². The molecule has 4 atom stereocenters. The molecule has 0 aromatic heterocycles. The number of hydrogen-bond donors (Lipinski definition) is 0. The van der Waals surface area contributed by atoms with Crippen molar-refractivity contribution < 1.29 is 9.47 Å². The van der Waals surface area contributed by atoms with Crippen molar-refractivity contribution in [3.05, 3.63) is 53.6 Å². The van der Waals surface area contributed by atoms with Crippen molar-refractivity contribution in [1.29, 1.82) is 0 Å². The number of benzene rings is 2. The quantitative estimate of drug-likeness (QED) is 0.517. The lowest BCUT2D eigenvalue weighted by Crippen LogP contribution is -2.56. The van der Waals surface area contributed by atoms with Gasteiger partial charge in [-0.25, -0.2) is 0 Å². The van der Waals surface area contributed by atoms with Gasteiger partial charge < -0.3 is 9.47 Å². The Bertz CT molecular complexity index is 898. The monoisotopic (exact) mass is 390 g/mol. The SMILES string of the molecule is COCOc1c(-c2ccccc2)cc(C)cc1C12CC3C[C@@](C)(C1)C[C@](C)(C3)C2. The minimum Gasteiger partial charge on any atom is -0.467 e. The van der Waals surface area contributed by atoms with E-state index >= 15 is 0 Å². The van der Waals surface area contributed by atoms with E-state index in [1.165, 1.54) is 60.8 Å². The fourth-order valence-corrected chi connectivity index (χ4v) is 8.02. The summed E-state index contributed by atoms with van der Waals surface area (Å²) < 4.78 is 11.7. The lowest BCUT2D eigenvalue weighted by atomic mass is 9.39. The molecular formula is C27H34O2. The molecule has 4 aliphatic carbocycles. The molecule has 154 valence electrons. The second kappa shape index (κ2) is 6.60. The van der Waals surface area contributed by atoms with Gasteiger partial charge in [-0.1, -0.05) is 50.2 Å². The van der Waals surface area contributed by atoms with Gasteiger partial charge in [-0.3, -0.25) is 0 Å². The van der Waals surface area contributed by atoms with Crippen LogP contribution in [0.3, 0.4) is 0 Å². The Morgan fingerprint density at radius 2 is 1.62 bits per heavy atom. The van der Waals surface area contributed by atoms with Crippen LogP contribution < -0.4 is 4.74 Å². The van der Waals surface area contributed by atoms with E-state index in [1.807, 2.05) is 0 Å². The van der Waals surface area contributed by atoms with Crippen LogP contribution in [0.4, 0.5) is 0 Å². The third-order valence-electron chi connectivity index (χ3n) is 7.84. The van der Waals surface area contributed by atoms with E-state index in [0.717, 1.165) is 11.7 Å². The van der Waals surface area contributed by atoms with Gasteiger partial charge in [0.25, 0.3) is 0 Å².